The summed E-state index contributed by atoms with van der Waals surface area (Å²) in [5.41, 5.74) is 4.70. The van der Waals surface area contributed by atoms with Gasteiger partial charge in [0.15, 0.2) is 5.65 Å². The molecule has 29 heavy (non-hydrogen) atoms. The second-order valence-electron chi connectivity index (χ2n) is 6.93. The highest BCUT2D eigenvalue weighted by molar-refractivity contribution is 6.06. The number of para-hydroxylation sites is 3. The number of hydrogen-bond donors (Lipinski definition) is 0. The van der Waals surface area contributed by atoms with E-state index in [-0.39, 0.29) is 0 Å². The molecule has 0 spiro atoms. The van der Waals surface area contributed by atoms with Crippen LogP contribution in [0.3, 0.4) is 0 Å². The fourth-order valence-corrected chi connectivity index (χ4v) is 3.70. The molecule has 5 nitrogen and oxygen atoms in total. The Morgan fingerprint density at radius 3 is 2.38 bits per heavy atom. The molecule has 0 aliphatic heterocycles. The highest BCUT2D eigenvalue weighted by atomic mass is 16.5. The normalized spacial score (nSPS) is 11.3. The van der Waals surface area contributed by atoms with Crippen LogP contribution in [0.1, 0.15) is 6.42 Å². The summed E-state index contributed by atoms with van der Waals surface area (Å²) in [4.78, 5) is 9.83. The first kappa shape index (κ1) is 17.5. The van der Waals surface area contributed by atoms with Gasteiger partial charge in [-0.25, -0.2) is 9.97 Å². The van der Waals surface area contributed by atoms with Gasteiger partial charge in [-0.3, -0.25) is 0 Å². The second-order valence-corrected chi connectivity index (χ2v) is 6.93. The zero-order chi connectivity index (χ0) is 19.6. The number of benzene rings is 3. The summed E-state index contributed by atoms with van der Waals surface area (Å²) in [7, 11) is 1.68. The van der Waals surface area contributed by atoms with Gasteiger partial charge in [-0.15, -0.1) is 0 Å². The lowest BCUT2D eigenvalue weighted by Gasteiger charge is -2.09. The third kappa shape index (κ3) is 3.25. The van der Waals surface area contributed by atoms with E-state index in [9.17, 15) is 0 Å². The number of nitrogens with zero attached hydrogens (tertiary/aromatic N) is 3. The van der Waals surface area contributed by atoms with Gasteiger partial charge in [0.1, 0.15) is 17.0 Å². The maximum absolute atomic E-state index is 5.87. The van der Waals surface area contributed by atoms with Crippen LogP contribution in [0.25, 0.3) is 33.1 Å². The van der Waals surface area contributed by atoms with E-state index in [0.29, 0.717) is 6.61 Å². The number of methoxy groups -OCH3 is 1. The molecule has 0 atom stereocenters. The first-order valence-corrected chi connectivity index (χ1v) is 9.74. The molecular formula is C24H21N3O2. The van der Waals surface area contributed by atoms with Gasteiger partial charge in [0.25, 0.3) is 0 Å². The van der Waals surface area contributed by atoms with Crippen LogP contribution in [0, 0.1) is 0 Å². The molecule has 5 aromatic rings. The zero-order valence-electron chi connectivity index (χ0n) is 16.2. The topological polar surface area (TPSA) is 49.2 Å². The summed E-state index contributed by atoms with van der Waals surface area (Å²) >= 11 is 0. The number of ether oxygens (including phenoxy) is 2. The van der Waals surface area contributed by atoms with Gasteiger partial charge in [0.05, 0.1) is 30.3 Å². The molecule has 0 radical (unpaired) electrons. The molecule has 3 aromatic carbocycles. The SMILES string of the molecule is COc1ccc2c(c1)c1nc3ccccc3nc1n2CCCOc1ccccc1. The average molecular weight is 383 g/mol. The molecule has 0 unspecified atom stereocenters. The summed E-state index contributed by atoms with van der Waals surface area (Å²) in [6.07, 6.45) is 0.869. The molecule has 0 saturated heterocycles. The number of aryl methyl sites for hydroxylation is 1. The van der Waals surface area contributed by atoms with Crippen molar-refractivity contribution in [2.45, 2.75) is 13.0 Å². The maximum Gasteiger partial charge on any atom is 0.160 e. The minimum Gasteiger partial charge on any atom is -0.497 e. The van der Waals surface area contributed by atoms with E-state index in [2.05, 4.69) is 10.6 Å². The first-order valence-electron chi connectivity index (χ1n) is 9.74. The van der Waals surface area contributed by atoms with Gasteiger partial charge in [-0.05, 0) is 48.9 Å². The van der Waals surface area contributed by atoms with Crippen LogP contribution in [0.2, 0.25) is 0 Å². The predicted octanol–water partition coefficient (Wildman–Crippen LogP) is 5.22. The molecule has 5 rings (SSSR count). The van der Waals surface area contributed by atoms with Gasteiger partial charge in [0.2, 0.25) is 0 Å². The number of aromatic nitrogens is 3. The Morgan fingerprint density at radius 1 is 0.828 bits per heavy atom. The highest BCUT2D eigenvalue weighted by Crippen LogP contribution is 2.31. The summed E-state index contributed by atoms with van der Waals surface area (Å²) < 4.78 is 13.5. The predicted molar refractivity (Wildman–Crippen MR) is 116 cm³/mol. The van der Waals surface area contributed by atoms with Crippen molar-refractivity contribution >= 4 is 33.1 Å². The Balaban J connectivity index is 1.54. The lowest BCUT2D eigenvalue weighted by Crippen LogP contribution is -2.05. The molecule has 2 heterocycles. The molecule has 0 N–H and O–H groups in total. The van der Waals surface area contributed by atoms with E-state index < -0.39 is 0 Å². The smallest absolute Gasteiger partial charge is 0.160 e. The van der Waals surface area contributed by atoms with E-state index >= 15 is 0 Å². The maximum atomic E-state index is 5.87. The lowest BCUT2D eigenvalue weighted by atomic mass is 10.2. The number of hydrogen-bond acceptors (Lipinski definition) is 4. The first-order chi connectivity index (χ1) is 14.3. The minimum absolute atomic E-state index is 0.641. The Kier molecular flexibility index (Phi) is 4.48. The standard InChI is InChI=1S/C24H21N3O2/c1-28-18-12-13-22-19(16-18)23-24(26-21-11-6-5-10-20(21)25-23)27(22)14-7-15-29-17-8-3-2-4-9-17/h2-6,8-13,16H,7,14-15H2,1H3. The van der Waals surface area contributed by atoms with E-state index in [1.165, 1.54) is 0 Å². The van der Waals surface area contributed by atoms with E-state index in [1.807, 2.05) is 66.7 Å². The van der Waals surface area contributed by atoms with Gasteiger partial charge in [-0.2, -0.15) is 0 Å². The van der Waals surface area contributed by atoms with Crippen LogP contribution in [0.5, 0.6) is 11.5 Å². The monoisotopic (exact) mass is 383 g/mol. The molecular weight excluding hydrogens is 362 g/mol. The highest BCUT2D eigenvalue weighted by Gasteiger charge is 2.15. The van der Waals surface area contributed by atoms with Crippen molar-refractivity contribution in [3.05, 3.63) is 72.8 Å². The number of rotatable bonds is 6. The molecule has 0 fully saturated rings. The number of fused-ring (bicyclic) bond motifs is 4. The Labute approximate surface area is 168 Å². The third-order valence-corrected chi connectivity index (χ3v) is 5.10. The van der Waals surface area contributed by atoms with Crippen LogP contribution < -0.4 is 9.47 Å². The Morgan fingerprint density at radius 2 is 1.59 bits per heavy atom. The van der Waals surface area contributed by atoms with Crippen molar-refractivity contribution in [1.29, 1.82) is 0 Å². The van der Waals surface area contributed by atoms with E-state index in [4.69, 9.17) is 19.4 Å². The Bertz CT molecular complexity index is 1300. The molecule has 0 saturated carbocycles. The van der Waals surface area contributed by atoms with Crippen LogP contribution in [-0.2, 0) is 6.54 Å². The van der Waals surface area contributed by atoms with Crippen molar-refractivity contribution in [3.63, 3.8) is 0 Å². The van der Waals surface area contributed by atoms with Crippen molar-refractivity contribution < 1.29 is 9.47 Å². The zero-order valence-corrected chi connectivity index (χ0v) is 16.2. The molecule has 5 heteroatoms. The fourth-order valence-electron chi connectivity index (χ4n) is 3.70. The average Bonchev–Trinajstić information content (AvgIpc) is 3.07. The molecule has 0 aliphatic rings. The van der Waals surface area contributed by atoms with Crippen molar-refractivity contribution in [2.24, 2.45) is 0 Å². The van der Waals surface area contributed by atoms with Crippen molar-refractivity contribution in [1.82, 2.24) is 14.5 Å². The van der Waals surface area contributed by atoms with Crippen molar-refractivity contribution in [3.8, 4) is 11.5 Å². The molecule has 2 aromatic heterocycles. The fraction of sp³-hybridized carbons (Fsp3) is 0.167. The van der Waals surface area contributed by atoms with Crippen LogP contribution in [0.4, 0.5) is 0 Å². The summed E-state index contributed by atoms with van der Waals surface area (Å²) in [6, 6.07) is 24.0. The third-order valence-electron chi connectivity index (χ3n) is 5.10. The van der Waals surface area contributed by atoms with Crippen molar-refractivity contribution in [2.75, 3.05) is 13.7 Å². The van der Waals surface area contributed by atoms with Crippen LogP contribution in [-0.4, -0.2) is 28.3 Å². The quantitative estimate of drug-likeness (QED) is 0.378. The molecule has 0 bridgehead atoms. The van der Waals surface area contributed by atoms with Crippen LogP contribution >= 0.6 is 0 Å². The van der Waals surface area contributed by atoms with Gasteiger partial charge in [0, 0.05) is 11.9 Å². The largest absolute Gasteiger partial charge is 0.497 e. The molecule has 144 valence electrons. The van der Waals surface area contributed by atoms with E-state index in [0.717, 1.165) is 57.6 Å². The second kappa shape index (κ2) is 7.43. The Hall–Kier alpha value is -3.60. The van der Waals surface area contributed by atoms with Gasteiger partial charge in [-0.1, -0.05) is 30.3 Å². The van der Waals surface area contributed by atoms with Crippen LogP contribution in [0.15, 0.2) is 72.8 Å². The lowest BCUT2D eigenvalue weighted by molar-refractivity contribution is 0.303. The summed E-state index contributed by atoms with van der Waals surface area (Å²) in [6.45, 7) is 1.44. The van der Waals surface area contributed by atoms with E-state index in [1.54, 1.807) is 7.11 Å². The summed E-state index contributed by atoms with van der Waals surface area (Å²) in [5.74, 6) is 1.71. The van der Waals surface area contributed by atoms with Gasteiger partial charge < -0.3 is 14.0 Å². The molecule has 0 amide bonds. The summed E-state index contributed by atoms with van der Waals surface area (Å²) in [5, 5.41) is 1.06. The molecule has 0 aliphatic carbocycles. The minimum atomic E-state index is 0.641. The van der Waals surface area contributed by atoms with Gasteiger partial charge >= 0.3 is 0 Å².